The highest BCUT2D eigenvalue weighted by molar-refractivity contribution is 7.87. The van der Waals surface area contributed by atoms with Crippen LogP contribution in [0.25, 0.3) is 0 Å². The van der Waals surface area contributed by atoms with Gasteiger partial charge in [-0.15, -0.1) is 0 Å². The van der Waals surface area contributed by atoms with Crippen LogP contribution in [0.3, 0.4) is 0 Å². The standard InChI is InChI=1S/C21H16F2O5S/c1-11-7-13(9-16(22)19(11)24)21(14-8-12(2)20(25)17(23)10-14)15-5-3-4-6-18(15)29(26,27)28-21/h3-10,24-25H,1-2H3. The van der Waals surface area contributed by atoms with Crippen molar-refractivity contribution >= 4 is 10.1 Å². The van der Waals surface area contributed by atoms with Gasteiger partial charge < -0.3 is 10.2 Å². The lowest BCUT2D eigenvalue weighted by Gasteiger charge is -2.30. The Morgan fingerprint density at radius 1 is 0.862 bits per heavy atom. The molecule has 2 N–H and O–H groups in total. The van der Waals surface area contributed by atoms with Gasteiger partial charge in [0.15, 0.2) is 28.7 Å². The van der Waals surface area contributed by atoms with Gasteiger partial charge in [-0.3, -0.25) is 0 Å². The Bertz CT molecular complexity index is 1160. The van der Waals surface area contributed by atoms with E-state index in [9.17, 15) is 27.4 Å². The second kappa shape index (κ2) is 6.27. The molecule has 0 aliphatic carbocycles. The Balaban J connectivity index is 2.16. The van der Waals surface area contributed by atoms with E-state index in [1.54, 1.807) is 6.07 Å². The van der Waals surface area contributed by atoms with Crippen molar-refractivity contribution in [3.8, 4) is 11.5 Å². The molecule has 0 radical (unpaired) electrons. The zero-order chi connectivity index (χ0) is 21.1. The fourth-order valence-corrected chi connectivity index (χ4v) is 5.11. The average Bonchev–Trinajstić information content (AvgIpc) is 2.92. The number of phenolic OH excluding ortho intramolecular Hbond substituents is 2. The van der Waals surface area contributed by atoms with Crippen LogP contribution in [-0.4, -0.2) is 18.6 Å². The third kappa shape index (κ3) is 2.71. The van der Waals surface area contributed by atoms with Crippen molar-refractivity contribution in [3.05, 3.63) is 88.0 Å². The Morgan fingerprint density at radius 2 is 1.34 bits per heavy atom. The fourth-order valence-electron chi connectivity index (χ4n) is 3.68. The molecular formula is C21H16F2O5S. The number of aromatic hydroxyl groups is 2. The van der Waals surface area contributed by atoms with E-state index in [0.717, 1.165) is 12.1 Å². The number of fused-ring (bicyclic) bond motifs is 1. The molecule has 0 unspecified atom stereocenters. The molecule has 0 saturated carbocycles. The number of phenols is 2. The first-order valence-electron chi connectivity index (χ1n) is 8.62. The Kier molecular flexibility index (Phi) is 4.18. The van der Waals surface area contributed by atoms with Crippen molar-refractivity contribution in [3.63, 3.8) is 0 Å². The van der Waals surface area contributed by atoms with Gasteiger partial charge in [0.25, 0.3) is 10.1 Å². The topological polar surface area (TPSA) is 83.8 Å². The second-order valence-corrected chi connectivity index (χ2v) is 8.48. The van der Waals surface area contributed by atoms with Crippen LogP contribution in [0.15, 0.2) is 53.4 Å². The van der Waals surface area contributed by atoms with E-state index in [0.29, 0.717) is 0 Å². The summed E-state index contributed by atoms with van der Waals surface area (Å²) in [6, 6.07) is 10.6. The maximum absolute atomic E-state index is 14.4. The zero-order valence-electron chi connectivity index (χ0n) is 15.4. The van der Waals surface area contributed by atoms with Gasteiger partial charge in [-0.1, -0.05) is 18.2 Å². The number of benzene rings is 3. The number of rotatable bonds is 2. The van der Waals surface area contributed by atoms with E-state index in [2.05, 4.69) is 0 Å². The predicted octanol–water partition coefficient (Wildman–Crippen LogP) is 4.00. The molecular weight excluding hydrogens is 402 g/mol. The van der Waals surface area contributed by atoms with Gasteiger partial charge in [0.1, 0.15) is 4.90 Å². The lowest BCUT2D eigenvalue weighted by molar-refractivity contribution is 0.178. The monoisotopic (exact) mass is 418 g/mol. The van der Waals surface area contributed by atoms with Crippen molar-refractivity contribution in [2.75, 3.05) is 0 Å². The quantitative estimate of drug-likeness (QED) is 0.615. The summed E-state index contributed by atoms with van der Waals surface area (Å²) in [6.45, 7) is 2.90. The molecule has 0 saturated heterocycles. The van der Waals surface area contributed by atoms with Gasteiger partial charge in [-0.25, -0.2) is 13.0 Å². The zero-order valence-corrected chi connectivity index (χ0v) is 16.2. The molecule has 3 aromatic carbocycles. The molecule has 0 atom stereocenters. The van der Waals surface area contributed by atoms with E-state index < -0.39 is 38.9 Å². The first-order chi connectivity index (χ1) is 13.6. The van der Waals surface area contributed by atoms with Gasteiger partial charge in [-0.2, -0.15) is 8.42 Å². The van der Waals surface area contributed by atoms with Crippen LogP contribution in [0, 0.1) is 25.5 Å². The van der Waals surface area contributed by atoms with Gasteiger partial charge >= 0.3 is 0 Å². The van der Waals surface area contributed by atoms with E-state index in [-0.39, 0.29) is 32.7 Å². The first-order valence-corrected chi connectivity index (χ1v) is 10.0. The highest BCUT2D eigenvalue weighted by atomic mass is 32.2. The molecule has 0 bridgehead atoms. The number of hydrogen-bond donors (Lipinski definition) is 2. The normalized spacial score (nSPS) is 16.6. The molecule has 0 spiro atoms. The van der Waals surface area contributed by atoms with Crippen LogP contribution < -0.4 is 0 Å². The minimum atomic E-state index is -4.25. The summed E-state index contributed by atoms with van der Waals surface area (Å²) in [5.41, 5.74) is -1.30. The Morgan fingerprint density at radius 3 is 1.83 bits per heavy atom. The van der Waals surface area contributed by atoms with E-state index in [1.807, 2.05) is 0 Å². The van der Waals surface area contributed by atoms with Gasteiger partial charge in [0.2, 0.25) is 0 Å². The van der Waals surface area contributed by atoms with Crippen LogP contribution in [0.5, 0.6) is 11.5 Å². The van der Waals surface area contributed by atoms with E-state index >= 15 is 0 Å². The summed E-state index contributed by atoms with van der Waals surface area (Å²) in [4.78, 5) is -0.128. The molecule has 0 amide bonds. The summed E-state index contributed by atoms with van der Waals surface area (Å²) in [5, 5.41) is 19.6. The van der Waals surface area contributed by atoms with Crippen molar-refractivity contribution in [2.45, 2.75) is 24.3 Å². The molecule has 3 aromatic rings. The summed E-state index contributed by atoms with van der Waals surface area (Å²) >= 11 is 0. The van der Waals surface area contributed by atoms with E-state index in [4.69, 9.17) is 4.18 Å². The highest BCUT2D eigenvalue weighted by Crippen LogP contribution is 2.51. The van der Waals surface area contributed by atoms with Crippen molar-refractivity contribution in [1.82, 2.24) is 0 Å². The lowest BCUT2D eigenvalue weighted by Crippen LogP contribution is -2.30. The smallest absolute Gasteiger partial charge is 0.298 e. The minimum absolute atomic E-state index is 0.0586. The molecule has 0 aromatic heterocycles. The molecule has 150 valence electrons. The maximum atomic E-state index is 14.4. The van der Waals surface area contributed by atoms with Crippen LogP contribution in [0.2, 0.25) is 0 Å². The van der Waals surface area contributed by atoms with Gasteiger partial charge in [0.05, 0.1) is 0 Å². The highest BCUT2D eigenvalue weighted by Gasteiger charge is 2.52. The van der Waals surface area contributed by atoms with Crippen LogP contribution in [0.1, 0.15) is 27.8 Å². The predicted molar refractivity (Wildman–Crippen MR) is 100 cm³/mol. The van der Waals surface area contributed by atoms with Crippen LogP contribution >= 0.6 is 0 Å². The Labute approximate surface area is 166 Å². The molecule has 4 rings (SSSR count). The summed E-state index contributed by atoms with van der Waals surface area (Å²) < 4.78 is 59.9. The summed E-state index contributed by atoms with van der Waals surface area (Å²) in [7, 11) is -4.25. The average molecular weight is 418 g/mol. The second-order valence-electron chi connectivity index (χ2n) is 6.96. The largest absolute Gasteiger partial charge is 0.505 e. The number of aryl methyl sites for hydroxylation is 2. The third-order valence-electron chi connectivity index (χ3n) is 5.09. The van der Waals surface area contributed by atoms with Crippen LogP contribution in [-0.2, 0) is 19.9 Å². The van der Waals surface area contributed by atoms with Crippen molar-refractivity contribution in [1.29, 1.82) is 0 Å². The Hall–Kier alpha value is -2.97. The van der Waals surface area contributed by atoms with Crippen LogP contribution in [0.4, 0.5) is 8.78 Å². The third-order valence-corrected chi connectivity index (χ3v) is 6.46. The van der Waals surface area contributed by atoms with Gasteiger partial charge in [0, 0.05) is 5.56 Å². The summed E-state index contributed by atoms with van der Waals surface area (Å²) in [6.07, 6.45) is 0. The molecule has 29 heavy (non-hydrogen) atoms. The first kappa shape index (κ1) is 19.4. The number of halogens is 2. The molecule has 1 aliphatic rings. The molecule has 5 nitrogen and oxygen atoms in total. The van der Waals surface area contributed by atoms with Gasteiger partial charge in [-0.05, 0) is 66.4 Å². The fraction of sp³-hybridized carbons (Fsp3) is 0.143. The maximum Gasteiger partial charge on any atom is 0.298 e. The number of hydrogen-bond acceptors (Lipinski definition) is 5. The summed E-state index contributed by atoms with van der Waals surface area (Å²) in [5.74, 6) is -3.10. The molecule has 8 heteroatoms. The van der Waals surface area contributed by atoms with Crippen molar-refractivity contribution < 1.29 is 31.6 Å². The molecule has 1 aliphatic heterocycles. The molecule has 0 fully saturated rings. The molecule has 1 heterocycles. The van der Waals surface area contributed by atoms with E-state index in [1.165, 1.54) is 44.2 Å². The minimum Gasteiger partial charge on any atom is -0.505 e. The lowest BCUT2D eigenvalue weighted by atomic mass is 9.79. The van der Waals surface area contributed by atoms with Crippen molar-refractivity contribution in [2.24, 2.45) is 0 Å². The SMILES string of the molecule is Cc1cc(C2(c3cc(C)c(O)c(F)c3)OS(=O)(=O)c3ccccc32)cc(F)c1O.